The predicted molar refractivity (Wildman–Crippen MR) is 72.8 cm³/mol. The average molecular weight is 321 g/mol. The highest BCUT2D eigenvalue weighted by Crippen LogP contribution is 2.17. The van der Waals surface area contributed by atoms with E-state index in [1.165, 1.54) is 6.07 Å². The molecule has 0 bridgehead atoms. The van der Waals surface area contributed by atoms with Gasteiger partial charge in [0.1, 0.15) is 4.90 Å². The van der Waals surface area contributed by atoms with E-state index in [1.807, 2.05) is 0 Å². The fourth-order valence-electron chi connectivity index (χ4n) is 1.08. The molecule has 0 aromatic heterocycles. The summed E-state index contributed by atoms with van der Waals surface area (Å²) in [7, 11) is -8.67. The van der Waals surface area contributed by atoms with Crippen LogP contribution < -0.4 is 0 Å². The molecule has 0 radical (unpaired) electrons. The van der Waals surface area contributed by atoms with E-state index in [4.69, 9.17) is 4.55 Å². The highest BCUT2D eigenvalue weighted by molar-refractivity contribution is 7.87. The molecule has 7 nitrogen and oxygen atoms in total. The molecule has 0 spiro atoms. The van der Waals surface area contributed by atoms with Crippen molar-refractivity contribution < 1.29 is 25.6 Å². The molecule has 0 amide bonds. The summed E-state index contributed by atoms with van der Waals surface area (Å²) < 4.78 is 59.0. The van der Waals surface area contributed by atoms with Crippen molar-refractivity contribution in [2.75, 3.05) is 0 Å². The minimum absolute atomic E-state index is 0.395. The summed E-state index contributed by atoms with van der Waals surface area (Å²) in [5, 5.41) is 0. The summed E-state index contributed by atoms with van der Waals surface area (Å²) in [5.41, 5.74) is -0.508. The number of rotatable bonds is 4. The molecule has 1 N–H and O–H groups in total. The zero-order valence-electron chi connectivity index (χ0n) is 11.1. The van der Waals surface area contributed by atoms with Crippen LogP contribution in [0.3, 0.4) is 0 Å². The van der Waals surface area contributed by atoms with Crippen molar-refractivity contribution in [2.45, 2.75) is 36.1 Å². The molecular formula is C11H15NO6S2. The van der Waals surface area contributed by atoms with Crippen LogP contribution >= 0.6 is 0 Å². The van der Waals surface area contributed by atoms with Gasteiger partial charge >= 0.3 is 10.1 Å². The van der Waals surface area contributed by atoms with Crippen molar-refractivity contribution in [1.82, 2.24) is 0 Å². The maximum Gasteiger partial charge on any atom is 0.340 e. The van der Waals surface area contributed by atoms with Crippen LogP contribution in [0.25, 0.3) is 0 Å². The quantitative estimate of drug-likeness (QED) is 0.389. The molecule has 20 heavy (non-hydrogen) atoms. The van der Waals surface area contributed by atoms with Crippen molar-refractivity contribution in [3.05, 3.63) is 24.3 Å². The summed E-state index contributed by atoms with van der Waals surface area (Å²) in [5.74, 6) is 0. The van der Waals surface area contributed by atoms with Crippen LogP contribution in [0.1, 0.15) is 20.8 Å². The molecule has 0 aliphatic rings. The Morgan fingerprint density at radius 1 is 1.15 bits per heavy atom. The van der Waals surface area contributed by atoms with Gasteiger partial charge in [-0.15, -0.1) is 0 Å². The molecule has 0 saturated carbocycles. The van der Waals surface area contributed by atoms with Gasteiger partial charge in [-0.25, -0.2) is 0 Å². The molecule has 112 valence electrons. The maximum atomic E-state index is 11.8. The fraction of sp³-hybridized carbons (Fsp3) is 0.364. The van der Waals surface area contributed by atoms with Crippen LogP contribution in [0.4, 0.5) is 0 Å². The molecule has 0 aliphatic heterocycles. The van der Waals surface area contributed by atoms with E-state index in [9.17, 15) is 16.8 Å². The third-order valence-electron chi connectivity index (χ3n) is 2.00. The predicted octanol–water partition coefficient (Wildman–Crippen LogP) is 1.47. The van der Waals surface area contributed by atoms with Gasteiger partial charge in [0.2, 0.25) is 0 Å². The van der Waals surface area contributed by atoms with Crippen LogP contribution in [0.5, 0.6) is 0 Å². The normalized spacial score (nSPS) is 13.6. The van der Waals surface area contributed by atoms with E-state index >= 15 is 0 Å². The van der Waals surface area contributed by atoms with Gasteiger partial charge in [0, 0.05) is 0 Å². The Morgan fingerprint density at radius 3 is 2.20 bits per heavy atom. The number of aliphatic imine (C=N–C) groups is 1. The van der Waals surface area contributed by atoms with Crippen molar-refractivity contribution in [3.63, 3.8) is 0 Å². The first-order chi connectivity index (χ1) is 8.92. The molecule has 0 aliphatic carbocycles. The number of nitrogens with zero attached hydrogens (tertiary/aromatic N) is 1. The summed E-state index contributed by atoms with van der Waals surface area (Å²) in [6.45, 7) is 5.25. The van der Waals surface area contributed by atoms with Gasteiger partial charge < -0.3 is 4.18 Å². The van der Waals surface area contributed by atoms with Gasteiger partial charge in [-0.1, -0.05) is 6.07 Å². The summed E-state index contributed by atoms with van der Waals surface area (Å²) in [6, 6.07) is 4.20. The van der Waals surface area contributed by atoms with E-state index < -0.39 is 35.6 Å². The minimum Gasteiger partial charge on any atom is -0.367 e. The summed E-state index contributed by atoms with van der Waals surface area (Å²) >= 11 is 0. The highest BCUT2D eigenvalue weighted by Gasteiger charge is 2.19. The van der Waals surface area contributed by atoms with E-state index in [0.29, 0.717) is 0 Å². The van der Waals surface area contributed by atoms with Crippen LogP contribution in [0.2, 0.25) is 0 Å². The standard InChI is InChI=1S/C11H15NO6S2/c1-11(2,3)12-8-18-20(16,17)10-6-4-5-9(7-10)19(13,14)15/h4-8H,1-3H3,(H,13,14,15). The third-order valence-corrected chi connectivity index (χ3v) is 4.02. The molecule has 0 unspecified atom stereocenters. The Morgan fingerprint density at radius 2 is 1.70 bits per heavy atom. The molecule has 0 heterocycles. The molecule has 1 rings (SSSR count). The largest absolute Gasteiger partial charge is 0.367 e. The molecule has 0 saturated heterocycles. The van der Waals surface area contributed by atoms with E-state index in [1.54, 1.807) is 20.8 Å². The summed E-state index contributed by atoms with van der Waals surface area (Å²) in [4.78, 5) is 2.92. The van der Waals surface area contributed by atoms with Crippen LogP contribution in [-0.2, 0) is 24.4 Å². The molecule has 1 aromatic carbocycles. The highest BCUT2D eigenvalue weighted by atomic mass is 32.2. The van der Waals surface area contributed by atoms with Gasteiger partial charge in [0.05, 0.1) is 10.4 Å². The first-order valence-corrected chi connectivity index (χ1v) is 8.31. The average Bonchev–Trinajstić information content (AvgIpc) is 2.26. The Balaban J connectivity index is 3.09. The van der Waals surface area contributed by atoms with E-state index in [2.05, 4.69) is 9.18 Å². The van der Waals surface area contributed by atoms with Gasteiger partial charge in [-0.3, -0.25) is 9.55 Å². The first-order valence-electron chi connectivity index (χ1n) is 5.46. The Bertz CT molecular complexity index is 714. The molecular weight excluding hydrogens is 306 g/mol. The number of hydrogen-bond donors (Lipinski definition) is 1. The Kier molecular flexibility index (Phi) is 4.57. The van der Waals surface area contributed by atoms with Crippen molar-refractivity contribution in [2.24, 2.45) is 4.99 Å². The van der Waals surface area contributed by atoms with Crippen molar-refractivity contribution >= 4 is 26.6 Å². The second kappa shape index (κ2) is 5.51. The van der Waals surface area contributed by atoms with Gasteiger partial charge in [0.15, 0.2) is 6.40 Å². The number of benzene rings is 1. The topological polar surface area (TPSA) is 110 Å². The van der Waals surface area contributed by atoms with Crippen LogP contribution in [0.15, 0.2) is 39.0 Å². The smallest absolute Gasteiger partial charge is 0.340 e. The zero-order chi connectivity index (χ0) is 15.6. The Hall–Kier alpha value is -1.45. The Labute approximate surface area is 118 Å². The number of hydrogen-bond acceptors (Lipinski definition) is 6. The second-order valence-electron chi connectivity index (χ2n) is 4.91. The second-order valence-corrected chi connectivity index (χ2v) is 7.90. The molecule has 9 heteroatoms. The SMILES string of the molecule is CC(C)(C)N=COS(=O)(=O)c1cccc(S(=O)(=O)O)c1. The fourth-order valence-corrected chi connectivity index (χ4v) is 2.47. The van der Waals surface area contributed by atoms with Crippen LogP contribution in [-0.4, -0.2) is 33.3 Å². The lowest BCUT2D eigenvalue weighted by atomic mass is 10.1. The van der Waals surface area contributed by atoms with Crippen molar-refractivity contribution in [3.8, 4) is 0 Å². The molecule has 1 aromatic rings. The monoisotopic (exact) mass is 321 g/mol. The lowest BCUT2D eigenvalue weighted by molar-refractivity contribution is 0.480. The third kappa shape index (κ3) is 4.91. The zero-order valence-corrected chi connectivity index (χ0v) is 12.8. The van der Waals surface area contributed by atoms with Crippen LogP contribution in [0, 0.1) is 0 Å². The van der Waals surface area contributed by atoms with Gasteiger partial charge in [0.25, 0.3) is 10.1 Å². The van der Waals surface area contributed by atoms with E-state index in [0.717, 1.165) is 24.6 Å². The first kappa shape index (κ1) is 16.6. The van der Waals surface area contributed by atoms with Gasteiger partial charge in [-0.2, -0.15) is 16.8 Å². The maximum absolute atomic E-state index is 11.8. The molecule has 0 atom stereocenters. The lowest BCUT2D eigenvalue weighted by Gasteiger charge is -2.10. The van der Waals surface area contributed by atoms with E-state index in [-0.39, 0.29) is 0 Å². The van der Waals surface area contributed by atoms with Crippen molar-refractivity contribution in [1.29, 1.82) is 0 Å². The minimum atomic E-state index is -4.48. The molecule has 0 fully saturated rings. The van der Waals surface area contributed by atoms with Gasteiger partial charge in [-0.05, 0) is 39.0 Å². The summed E-state index contributed by atoms with van der Waals surface area (Å²) in [6.07, 6.45) is 0.787. The lowest BCUT2D eigenvalue weighted by Crippen LogP contribution is -2.12.